The van der Waals surface area contributed by atoms with Crippen molar-refractivity contribution < 1.29 is 14.3 Å². The zero-order chi connectivity index (χ0) is 14.8. The van der Waals surface area contributed by atoms with Crippen molar-refractivity contribution in [3.05, 3.63) is 53.1 Å². The van der Waals surface area contributed by atoms with Crippen molar-refractivity contribution in [3.63, 3.8) is 0 Å². The van der Waals surface area contributed by atoms with Gasteiger partial charge < -0.3 is 14.0 Å². The molecule has 0 bridgehead atoms. The van der Waals surface area contributed by atoms with Crippen molar-refractivity contribution in [3.8, 4) is 0 Å². The molecule has 2 heterocycles. The summed E-state index contributed by atoms with van der Waals surface area (Å²) in [7, 11) is 0. The molecule has 1 aromatic heterocycles. The van der Waals surface area contributed by atoms with Crippen LogP contribution in [0.25, 0.3) is 0 Å². The van der Waals surface area contributed by atoms with Crippen LogP contribution in [0.4, 0.5) is 0 Å². The molecule has 0 aliphatic carbocycles. The lowest BCUT2D eigenvalue weighted by atomic mass is 10.1. The zero-order valence-corrected chi connectivity index (χ0v) is 12.3. The van der Waals surface area contributed by atoms with Gasteiger partial charge in [-0.1, -0.05) is 41.9 Å². The molecule has 0 N–H and O–H groups in total. The maximum absolute atomic E-state index is 12.3. The van der Waals surface area contributed by atoms with Crippen LogP contribution in [0, 0.1) is 0 Å². The smallest absolute Gasteiger partial charge is 0.358 e. The first-order valence-corrected chi connectivity index (χ1v) is 7.10. The van der Waals surface area contributed by atoms with Crippen molar-refractivity contribution >= 4 is 17.6 Å². The molecule has 1 aliphatic rings. The molecule has 21 heavy (non-hydrogen) atoms. The number of rotatable bonds is 4. The first-order chi connectivity index (χ1) is 10.2. The van der Waals surface area contributed by atoms with Crippen LogP contribution in [-0.2, 0) is 9.47 Å². The molecule has 0 radical (unpaired) electrons. The average molecular weight is 307 g/mol. The Balaban J connectivity index is 1.87. The van der Waals surface area contributed by atoms with Gasteiger partial charge >= 0.3 is 5.97 Å². The van der Waals surface area contributed by atoms with Gasteiger partial charge in [0.05, 0.1) is 25.6 Å². The van der Waals surface area contributed by atoms with Gasteiger partial charge in [-0.2, -0.15) is 0 Å². The van der Waals surface area contributed by atoms with Gasteiger partial charge in [0.2, 0.25) is 0 Å². The highest BCUT2D eigenvalue weighted by atomic mass is 35.5. The van der Waals surface area contributed by atoms with Crippen LogP contribution in [0.1, 0.15) is 29.0 Å². The minimum absolute atomic E-state index is 0.0635. The van der Waals surface area contributed by atoms with E-state index in [0.717, 1.165) is 5.56 Å². The van der Waals surface area contributed by atoms with E-state index in [1.165, 1.54) is 0 Å². The molecule has 110 valence electrons. The second-order valence-corrected chi connectivity index (χ2v) is 5.30. The lowest BCUT2D eigenvalue weighted by molar-refractivity contribution is -0.103. The van der Waals surface area contributed by atoms with Gasteiger partial charge in [0.15, 0.2) is 10.8 Å². The Morgan fingerprint density at radius 2 is 2.14 bits per heavy atom. The van der Waals surface area contributed by atoms with Gasteiger partial charge in [-0.25, -0.2) is 9.78 Å². The van der Waals surface area contributed by atoms with Gasteiger partial charge in [0.1, 0.15) is 6.10 Å². The monoisotopic (exact) mass is 306 g/mol. The van der Waals surface area contributed by atoms with Gasteiger partial charge in [0, 0.05) is 0 Å². The third-order valence-corrected chi connectivity index (χ3v) is 3.80. The Hall–Kier alpha value is -1.85. The average Bonchev–Trinajstić information content (AvgIpc) is 2.84. The van der Waals surface area contributed by atoms with Crippen LogP contribution < -0.4 is 0 Å². The Bertz CT molecular complexity index is 638. The van der Waals surface area contributed by atoms with Gasteiger partial charge in [-0.15, -0.1) is 0 Å². The SMILES string of the molecule is C[C@H](c1ccccc1)n1cnc(Cl)c1C(=O)OC1COC1. The van der Waals surface area contributed by atoms with Crippen molar-refractivity contribution in [2.24, 2.45) is 0 Å². The maximum Gasteiger partial charge on any atom is 0.358 e. The summed E-state index contributed by atoms with van der Waals surface area (Å²) >= 11 is 6.05. The Labute approximate surface area is 127 Å². The highest BCUT2D eigenvalue weighted by molar-refractivity contribution is 6.32. The molecule has 3 rings (SSSR count). The summed E-state index contributed by atoms with van der Waals surface area (Å²) in [4.78, 5) is 16.3. The minimum atomic E-state index is -0.464. The summed E-state index contributed by atoms with van der Waals surface area (Å²) in [6.07, 6.45) is 1.37. The second-order valence-electron chi connectivity index (χ2n) is 4.94. The van der Waals surface area contributed by atoms with E-state index >= 15 is 0 Å². The molecular weight excluding hydrogens is 292 g/mol. The summed E-state index contributed by atoms with van der Waals surface area (Å²) in [5.74, 6) is -0.464. The molecule has 1 saturated heterocycles. The van der Waals surface area contributed by atoms with Crippen molar-refractivity contribution in [2.45, 2.75) is 19.1 Å². The predicted octanol–water partition coefficient (Wildman–Crippen LogP) is 2.70. The normalized spacial score (nSPS) is 16.3. The molecule has 0 saturated carbocycles. The van der Waals surface area contributed by atoms with E-state index in [1.807, 2.05) is 37.3 Å². The molecule has 0 spiro atoms. The first-order valence-electron chi connectivity index (χ1n) is 6.73. The molecule has 1 fully saturated rings. The number of carbonyl (C=O) groups excluding carboxylic acids is 1. The van der Waals surface area contributed by atoms with Crippen LogP contribution in [-0.4, -0.2) is 34.8 Å². The van der Waals surface area contributed by atoms with Crippen LogP contribution >= 0.6 is 11.6 Å². The lowest BCUT2D eigenvalue weighted by Crippen LogP contribution is -2.38. The van der Waals surface area contributed by atoms with Crippen molar-refractivity contribution in [2.75, 3.05) is 13.2 Å². The Morgan fingerprint density at radius 3 is 2.76 bits per heavy atom. The number of nitrogens with zero attached hydrogens (tertiary/aromatic N) is 2. The van der Waals surface area contributed by atoms with E-state index in [2.05, 4.69) is 4.98 Å². The van der Waals surface area contributed by atoms with E-state index < -0.39 is 5.97 Å². The molecule has 0 unspecified atom stereocenters. The highest BCUT2D eigenvalue weighted by Crippen LogP contribution is 2.25. The number of hydrogen-bond donors (Lipinski definition) is 0. The lowest BCUT2D eigenvalue weighted by Gasteiger charge is -2.26. The van der Waals surface area contributed by atoms with E-state index in [-0.39, 0.29) is 23.0 Å². The fourth-order valence-electron chi connectivity index (χ4n) is 2.20. The highest BCUT2D eigenvalue weighted by Gasteiger charge is 2.28. The van der Waals surface area contributed by atoms with E-state index in [0.29, 0.717) is 13.2 Å². The number of halogens is 1. The van der Waals surface area contributed by atoms with Crippen LogP contribution in [0.3, 0.4) is 0 Å². The summed E-state index contributed by atoms with van der Waals surface area (Å²) in [5, 5.41) is 0.156. The molecule has 1 aliphatic heterocycles. The summed E-state index contributed by atoms with van der Waals surface area (Å²) < 4.78 is 12.1. The van der Waals surface area contributed by atoms with Crippen molar-refractivity contribution in [1.82, 2.24) is 9.55 Å². The Kier molecular flexibility index (Phi) is 3.94. The van der Waals surface area contributed by atoms with E-state index in [9.17, 15) is 4.79 Å². The second kappa shape index (κ2) is 5.87. The van der Waals surface area contributed by atoms with E-state index in [1.54, 1.807) is 10.9 Å². The molecule has 6 heteroatoms. The number of benzene rings is 1. The van der Waals surface area contributed by atoms with Crippen molar-refractivity contribution in [1.29, 1.82) is 0 Å². The molecule has 5 nitrogen and oxygen atoms in total. The topological polar surface area (TPSA) is 53.4 Å². The summed E-state index contributed by atoms with van der Waals surface area (Å²) in [5.41, 5.74) is 1.34. The number of imidazole rings is 1. The van der Waals surface area contributed by atoms with Crippen LogP contribution in [0.5, 0.6) is 0 Å². The van der Waals surface area contributed by atoms with Gasteiger partial charge in [0.25, 0.3) is 0 Å². The third kappa shape index (κ3) is 2.80. The molecule has 0 amide bonds. The quantitative estimate of drug-likeness (QED) is 0.815. The number of ether oxygens (including phenoxy) is 2. The largest absolute Gasteiger partial charge is 0.453 e. The summed E-state index contributed by atoms with van der Waals surface area (Å²) in [6, 6.07) is 9.78. The number of aromatic nitrogens is 2. The fourth-order valence-corrected chi connectivity index (χ4v) is 2.42. The molecule has 2 aromatic rings. The van der Waals surface area contributed by atoms with Crippen LogP contribution in [0.15, 0.2) is 36.7 Å². The number of hydrogen-bond acceptors (Lipinski definition) is 4. The number of esters is 1. The standard InChI is InChI=1S/C15H15ClN2O3/c1-10(11-5-3-2-4-6-11)18-9-17-14(16)13(18)15(19)21-12-7-20-8-12/h2-6,9-10,12H,7-8H2,1H3/t10-/m1/s1. The van der Waals surface area contributed by atoms with Gasteiger partial charge in [-0.3, -0.25) is 0 Å². The van der Waals surface area contributed by atoms with Crippen LogP contribution in [0.2, 0.25) is 5.15 Å². The van der Waals surface area contributed by atoms with E-state index in [4.69, 9.17) is 21.1 Å². The minimum Gasteiger partial charge on any atom is -0.453 e. The maximum atomic E-state index is 12.3. The molecule has 1 aromatic carbocycles. The Morgan fingerprint density at radius 1 is 1.43 bits per heavy atom. The summed E-state index contributed by atoms with van der Waals surface area (Å²) in [6.45, 7) is 2.86. The third-order valence-electron chi connectivity index (χ3n) is 3.52. The molecular formula is C15H15ClN2O3. The fraction of sp³-hybridized carbons (Fsp3) is 0.333. The molecule has 1 atom stereocenters. The predicted molar refractivity (Wildman–Crippen MR) is 77.5 cm³/mol. The zero-order valence-electron chi connectivity index (χ0n) is 11.5. The van der Waals surface area contributed by atoms with Gasteiger partial charge in [-0.05, 0) is 12.5 Å². The first kappa shape index (κ1) is 14.1. The number of carbonyl (C=O) groups is 1.